The first-order chi connectivity index (χ1) is 14.6. The largest absolute Gasteiger partial charge is 0.343 e. The lowest BCUT2D eigenvalue weighted by molar-refractivity contribution is -0.141. The van der Waals surface area contributed by atoms with Gasteiger partial charge >= 0.3 is 0 Å². The number of benzene rings is 1. The zero-order chi connectivity index (χ0) is 20.7. The molecule has 2 aromatic rings. The van der Waals surface area contributed by atoms with Crippen molar-refractivity contribution in [2.75, 3.05) is 19.6 Å². The van der Waals surface area contributed by atoms with Gasteiger partial charge in [-0.05, 0) is 37.8 Å². The van der Waals surface area contributed by atoms with Gasteiger partial charge in [0.05, 0.1) is 27.1 Å². The van der Waals surface area contributed by atoms with Gasteiger partial charge in [-0.15, -0.1) is 11.3 Å². The van der Waals surface area contributed by atoms with E-state index in [0.29, 0.717) is 19.0 Å². The topological polar surface area (TPSA) is 70.6 Å². The van der Waals surface area contributed by atoms with Crippen molar-refractivity contribution in [3.63, 3.8) is 0 Å². The molecule has 0 spiro atoms. The van der Waals surface area contributed by atoms with Crippen molar-refractivity contribution < 1.29 is 14.4 Å². The Kier molecular flexibility index (Phi) is 5.31. The van der Waals surface area contributed by atoms with Gasteiger partial charge < -0.3 is 4.90 Å². The van der Waals surface area contributed by atoms with Crippen LogP contribution in [0.4, 0.5) is 0 Å². The number of likely N-dealkylation sites (tertiary alicyclic amines) is 2. The second-order valence-electron chi connectivity index (χ2n) is 8.75. The van der Waals surface area contributed by atoms with E-state index in [0.717, 1.165) is 44.0 Å². The molecule has 158 valence electrons. The molecular formula is C23H27N3O3S. The van der Waals surface area contributed by atoms with Gasteiger partial charge in [0.25, 0.3) is 0 Å². The number of amides is 3. The van der Waals surface area contributed by atoms with Gasteiger partial charge in [0, 0.05) is 32.0 Å². The number of imide groups is 1. The summed E-state index contributed by atoms with van der Waals surface area (Å²) in [5.41, 5.74) is 1.05. The number of hydrogen-bond donors (Lipinski definition) is 0. The van der Waals surface area contributed by atoms with Gasteiger partial charge in [0.1, 0.15) is 0 Å². The Bertz CT molecular complexity index is 922. The molecule has 0 bridgehead atoms. The van der Waals surface area contributed by atoms with Crippen LogP contribution in [0, 0.1) is 11.8 Å². The van der Waals surface area contributed by atoms with Crippen molar-refractivity contribution >= 4 is 39.3 Å². The Balaban J connectivity index is 1.14. The normalized spacial score (nSPS) is 25.2. The van der Waals surface area contributed by atoms with Crippen LogP contribution in [0.3, 0.4) is 0 Å². The summed E-state index contributed by atoms with van der Waals surface area (Å²) < 4.78 is 1.21. The number of para-hydroxylation sites is 1. The number of carbonyl (C=O) groups excluding carboxylic acids is 3. The summed E-state index contributed by atoms with van der Waals surface area (Å²) in [4.78, 5) is 45.9. The van der Waals surface area contributed by atoms with Crippen LogP contribution in [0.5, 0.6) is 0 Å². The van der Waals surface area contributed by atoms with Gasteiger partial charge in [-0.2, -0.15) is 0 Å². The first-order valence-corrected chi connectivity index (χ1v) is 11.9. The van der Waals surface area contributed by atoms with Crippen molar-refractivity contribution in [1.29, 1.82) is 0 Å². The van der Waals surface area contributed by atoms with E-state index in [1.165, 1.54) is 14.6 Å². The number of carbonyl (C=O) groups is 3. The molecule has 3 aliphatic rings. The van der Waals surface area contributed by atoms with Crippen molar-refractivity contribution in [3.8, 4) is 0 Å². The van der Waals surface area contributed by atoms with E-state index in [2.05, 4.69) is 6.07 Å². The summed E-state index contributed by atoms with van der Waals surface area (Å²) in [6.45, 7) is 1.67. The molecule has 0 unspecified atom stereocenters. The maximum absolute atomic E-state index is 12.7. The molecule has 0 radical (unpaired) electrons. The number of piperidine rings is 1. The number of nitrogens with zero attached hydrogens (tertiary/aromatic N) is 3. The maximum Gasteiger partial charge on any atom is 0.233 e. The fourth-order valence-corrected chi connectivity index (χ4v) is 6.39. The van der Waals surface area contributed by atoms with Gasteiger partial charge in [0.2, 0.25) is 17.7 Å². The number of aromatic nitrogens is 1. The predicted octanol–water partition coefficient (Wildman–Crippen LogP) is 3.57. The van der Waals surface area contributed by atoms with Crippen molar-refractivity contribution in [2.24, 2.45) is 11.8 Å². The van der Waals surface area contributed by atoms with Crippen molar-refractivity contribution in [2.45, 2.75) is 50.9 Å². The number of rotatable bonds is 4. The Morgan fingerprint density at radius 2 is 1.67 bits per heavy atom. The molecule has 2 aliphatic heterocycles. The summed E-state index contributed by atoms with van der Waals surface area (Å²) in [5, 5.41) is 1.17. The molecule has 2 atom stereocenters. The van der Waals surface area contributed by atoms with E-state index >= 15 is 0 Å². The molecule has 1 saturated carbocycles. The van der Waals surface area contributed by atoms with Crippen LogP contribution in [-0.4, -0.2) is 52.1 Å². The molecule has 1 aromatic heterocycles. The van der Waals surface area contributed by atoms with Crippen molar-refractivity contribution in [1.82, 2.24) is 14.8 Å². The minimum atomic E-state index is -0.133. The summed E-state index contributed by atoms with van der Waals surface area (Å²) in [5.74, 6) is 0.0837. The standard InChI is InChI=1S/C23H27N3O3S/c27-20(11-14-26-22(28)16-5-1-2-6-17(16)23(26)29)25-12-9-15(10-13-25)21-24-18-7-3-4-8-19(18)30-21/h3-4,7-8,15-17H,1-2,5-6,9-14H2/t16-,17+. The summed E-state index contributed by atoms with van der Waals surface area (Å²) in [7, 11) is 0. The smallest absolute Gasteiger partial charge is 0.233 e. The van der Waals surface area contributed by atoms with Gasteiger partial charge in [0.15, 0.2) is 0 Å². The second kappa shape index (κ2) is 8.10. The molecule has 3 amide bonds. The summed E-state index contributed by atoms with van der Waals surface area (Å²) in [6, 6.07) is 8.20. The fourth-order valence-electron chi connectivity index (χ4n) is 5.26. The predicted molar refractivity (Wildman–Crippen MR) is 115 cm³/mol. The third-order valence-corrected chi connectivity index (χ3v) is 8.19. The third kappa shape index (κ3) is 3.53. The lowest BCUT2D eigenvalue weighted by Gasteiger charge is -2.31. The molecule has 1 aliphatic carbocycles. The highest BCUT2D eigenvalue weighted by Gasteiger charge is 2.47. The molecule has 2 saturated heterocycles. The Labute approximate surface area is 180 Å². The zero-order valence-corrected chi connectivity index (χ0v) is 17.9. The average Bonchev–Trinajstić information content (AvgIpc) is 3.32. The van der Waals surface area contributed by atoms with E-state index in [9.17, 15) is 14.4 Å². The highest BCUT2D eigenvalue weighted by molar-refractivity contribution is 7.18. The highest BCUT2D eigenvalue weighted by atomic mass is 32.1. The lowest BCUT2D eigenvalue weighted by Crippen LogP contribution is -2.40. The molecule has 1 aromatic carbocycles. The summed E-state index contributed by atoms with van der Waals surface area (Å²) >= 11 is 1.75. The van der Waals surface area contributed by atoms with E-state index in [1.807, 2.05) is 23.1 Å². The van der Waals surface area contributed by atoms with Crippen LogP contribution >= 0.6 is 11.3 Å². The molecule has 30 heavy (non-hydrogen) atoms. The number of hydrogen-bond acceptors (Lipinski definition) is 5. The van der Waals surface area contributed by atoms with Crippen LogP contribution in [0.25, 0.3) is 10.2 Å². The van der Waals surface area contributed by atoms with E-state index < -0.39 is 0 Å². The van der Waals surface area contributed by atoms with E-state index in [-0.39, 0.29) is 42.5 Å². The fraction of sp³-hybridized carbons (Fsp3) is 0.565. The van der Waals surface area contributed by atoms with Crippen LogP contribution < -0.4 is 0 Å². The first kappa shape index (κ1) is 19.7. The first-order valence-electron chi connectivity index (χ1n) is 11.1. The average molecular weight is 426 g/mol. The zero-order valence-electron chi connectivity index (χ0n) is 17.1. The SMILES string of the molecule is O=C(CCN1C(=O)[C@H]2CCCC[C@H]2C1=O)N1CCC(c2nc3ccccc3s2)CC1. The quantitative estimate of drug-likeness (QED) is 0.702. The molecule has 6 nitrogen and oxygen atoms in total. The Hall–Kier alpha value is -2.28. The minimum absolute atomic E-state index is 0.0490. The number of thiazole rings is 1. The minimum Gasteiger partial charge on any atom is -0.343 e. The molecule has 3 fully saturated rings. The van der Waals surface area contributed by atoms with Crippen molar-refractivity contribution in [3.05, 3.63) is 29.3 Å². The molecule has 5 rings (SSSR count). The second-order valence-corrected chi connectivity index (χ2v) is 9.81. The van der Waals surface area contributed by atoms with Crippen LogP contribution in [-0.2, 0) is 14.4 Å². The van der Waals surface area contributed by atoms with E-state index in [1.54, 1.807) is 11.3 Å². The van der Waals surface area contributed by atoms with Gasteiger partial charge in [-0.1, -0.05) is 25.0 Å². The van der Waals surface area contributed by atoms with Crippen LogP contribution in [0.15, 0.2) is 24.3 Å². The molecular weight excluding hydrogens is 398 g/mol. The Morgan fingerprint density at radius 1 is 1.00 bits per heavy atom. The van der Waals surface area contributed by atoms with Crippen LogP contribution in [0.1, 0.15) is 55.9 Å². The Morgan fingerprint density at radius 3 is 2.33 bits per heavy atom. The molecule has 3 heterocycles. The lowest BCUT2D eigenvalue weighted by atomic mass is 9.81. The number of fused-ring (bicyclic) bond motifs is 2. The molecule has 0 N–H and O–H groups in total. The van der Waals surface area contributed by atoms with Gasteiger partial charge in [-0.3, -0.25) is 19.3 Å². The van der Waals surface area contributed by atoms with Crippen LogP contribution in [0.2, 0.25) is 0 Å². The maximum atomic E-state index is 12.7. The monoisotopic (exact) mass is 425 g/mol. The highest BCUT2D eigenvalue weighted by Crippen LogP contribution is 2.38. The summed E-state index contributed by atoms with van der Waals surface area (Å²) in [6.07, 6.45) is 5.75. The van der Waals surface area contributed by atoms with E-state index in [4.69, 9.17) is 4.98 Å². The van der Waals surface area contributed by atoms with Gasteiger partial charge in [-0.25, -0.2) is 4.98 Å². The molecule has 7 heteroatoms. The third-order valence-electron chi connectivity index (χ3n) is 6.99.